The largest absolute Gasteiger partial charge is 0.481 e. The Hall–Kier alpha value is -2.69. The maximum Gasteiger partial charge on any atom is 0.306 e. The SMILES string of the molecule is Cc1c(C(=O)NC2CC(C(=O)O)C2)cc(-c2ccc(S(=O)(=O)NC(C)(C)C)c3sccc23)n1CC1CCCCC1. The number of amides is 1. The van der Waals surface area contributed by atoms with Crippen molar-refractivity contribution in [2.24, 2.45) is 11.8 Å². The minimum atomic E-state index is -3.74. The van der Waals surface area contributed by atoms with Gasteiger partial charge in [-0.1, -0.05) is 25.3 Å². The average Bonchev–Trinajstić information content (AvgIpc) is 3.45. The number of carbonyl (C=O) groups is 2. The van der Waals surface area contributed by atoms with Crippen LogP contribution in [-0.2, 0) is 21.4 Å². The van der Waals surface area contributed by atoms with Crippen LogP contribution in [0.3, 0.4) is 0 Å². The molecular weight excluding hydrogens is 546 g/mol. The molecule has 5 rings (SSSR count). The molecule has 10 heteroatoms. The molecule has 1 amide bonds. The maximum absolute atomic E-state index is 13.4. The third-order valence-corrected chi connectivity index (χ3v) is 11.1. The van der Waals surface area contributed by atoms with E-state index in [0.717, 1.165) is 41.7 Å². The van der Waals surface area contributed by atoms with Gasteiger partial charge in [0.25, 0.3) is 5.91 Å². The van der Waals surface area contributed by atoms with Crippen LogP contribution in [0.25, 0.3) is 21.3 Å². The summed E-state index contributed by atoms with van der Waals surface area (Å²) in [6.07, 6.45) is 6.88. The summed E-state index contributed by atoms with van der Waals surface area (Å²) < 4.78 is 32.3. The van der Waals surface area contributed by atoms with Crippen molar-refractivity contribution in [1.82, 2.24) is 14.6 Å². The first-order valence-corrected chi connectivity index (χ1v) is 16.5. The molecule has 0 saturated heterocycles. The van der Waals surface area contributed by atoms with E-state index in [9.17, 15) is 23.1 Å². The van der Waals surface area contributed by atoms with Crippen LogP contribution >= 0.6 is 11.3 Å². The third kappa shape index (κ3) is 5.85. The Labute approximate surface area is 240 Å². The minimum Gasteiger partial charge on any atom is -0.481 e. The highest BCUT2D eigenvalue weighted by Gasteiger charge is 2.36. The van der Waals surface area contributed by atoms with Crippen LogP contribution in [0.1, 0.15) is 81.8 Å². The standard InChI is InChI=1S/C30H39N3O5S2/c1-18-24(28(34)31-21-14-20(15-21)29(35)36)16-25(33(18)17-19-8-6-5-7-9-19)22-10-11-26(27-23(22)12-13-39-27)40(37,38)32-30(2,3)4/h10-13,16,19-21,32H,5-9,14-15,17H2,1-4H3,(H,31,34)(H,35,36). The van der Waals surface area contributed by atoms with Gasteiger partial charge in [-0.2, -0.15) is 0 Å². The van der Waals surface area contributed by atoms with Crippen LogP contribution in [0.4, 0.5) is 0 Å². The fraction of sp³-hybridized carbons (Fsp3) is 0.533. The summed E-state index contributed by atoms with van der Waals surface area (Å²) in [6.45, 7) is 8.24. The van der Waals surface area contributed by atoms with E-state index in [-0.39, 0.29) is 16.8 Å². The highest BCUT2D eigenvalue weighted by molar-refractivity contribution is 7.90. The molecule has 1 aromatic carbocycles. The van der Waals surface area contributed by atoms with E-state index in [1.807, 2.05) is 51.3 Å². The molecule has 8 nitrogen and oxygen atoms in total. The van der Waals surface area contributed by atoms with E-state index in [1.165, 1.54) is 30.6 Å². The highest BCUT2D eigenvalue weighted by atomic mass is 32.2. The molecule has 0 radical (unpaired) electrons. The molecule has 2 aliphatic rings. The molecule has 2 saturated carbocycles. The first kappa shape index (κ1) is 28.8. The summed E-state index contributed by atoms with van der Waals surface area (Å²) in [5.41, 5.74) is 2.65. The Morgan fingerprint density at radius 2 is 1.80 bits per heavy atom. The van der Waals surface area contributed by atoms with E-state index in [1.54, 1.807) is 6.07 Å². The van der Waals surface area contributed by atoms with Crippen molar-refractivity contribution in [3.05, 3.63) is 40.9 Å². The molecule has 0 spiro atoms. The number of hydrogen-bond acceptors (Lipinski definition) is 5. The van der Waals surface area contributed by atoms with Gasteiger partial charge in [-0.3, -0.25) is 9.59 Å². The monoisotopic (exact) mass is 585 g/mol. The molecule has 40 heavy (non-hydrogen) atoms. The van der Waals surface area contributed by atoms with Crippen molar-refractivity contribution in [3.8, 4) is 11.3 Å². The Balaban J connectivity index is 1.54. The van der Waals surface area contributed by atoms with Crippen LogP contribution in [0.2, 0.25) is 0 Å². The van der Waals surface area contributed by atoms with E-state index in [2.05, 4.69) is 14.6 Å². The molecule has 2 fully saturated rings. The number of sulfonamides is 1. The van der Waals surface area contributed by atoms with Crippen LogP contribution in [0.15, 0.2) is 34.5 Å². The normalized spacial score (nSPS) is 20.4. The van der Waals surface area contributed by atoms with Crippen molar-refractivity contribution in [2.45, 2.75) is 95.7 Å². The molecule has 3 N–H and O–H groups in total. The molecule has 216 valence electrons. The summed E-state index contributed by atoms with van der Waals surface area (Å²) in [5, 5.41) is 15.0. The number of nitrogens with zero attached hydrogens (tertiary/aromatic N) is 1. The number of carbonyl (C=O) groups excluding carboxylic acids is 1. The lowest BCUT2D eigenvalue weighted by Gasteiger charge is -2.32. The molecule has 2 aromatic heterocycles. The number of nitrogens with one attached hydrogen (secondary N) is 2. The Kier molecular flexibility index (Phi) is 7.89. The summed E-state index contributed by atoms with van der Waals surface area (Å²) in [6, 6.07) is 7.29. The zero-order valence-electron chi connectivity index (χ0n) is 23.6. The second-order valence-electron chi connectivity index (χ2n) is 12.5. The number of fused-ring (bicyclic) bond motifs is 1. The zero-order chi connectivity index (χ0) is 28.8. The van der Waals surface area contributed by atoms with Gasteiger partial charge in [0.2, 0.25) is 10.0 Å². The van der Waals surface area contributed by atoms with Crippen molar-refractivity contribution < 1.29 is 23.1 Å². The van der Waals surface area contributed by atoms with Gasteiger partial charge in [-0.05, 0) is 82.9 Å². The predicted molar refractivity (Wildman–Crippen MR) is 158 cm³/mol. The summed E-state index contributed by atoms with van der Waals surface area (Å²) in [7, 11) is -3.74. The number of hydrogen-bond donors (Lipinski definition) is 3. The number of aromatic nitrogens is 1. The lowest BCUT2D eigenvalue weighted by molar-refractivity contribution is -0.145. The molecule has 2 heterocycles. The fourth-order valence-electron chi connectivity index (χ4n) is 6.09. The second-order valence-corrected chi connectivity index (χ2v) is 15.0. The first-order valence-electron chi connectivity index (χ1n) is 14.1. The number of carboxylic acid groups (broad SMARTS) is 1. The van der Waals surface area contributed by atoms with Crippen LogP contribution in [0, 0.1) is 18.8 Å². The Morgan fingerprint density at radius 1 is 1.10 bits per heavy atom. The molecular formula is C30H39N3O5S2. The average molecular weight is 586 g/mol. The number of rotatable bonds is 8. The molecule has 0 unspecified atom stereocenters. The van der Waals surface area contributed by atoms with Gasteiger partial charge in [0.15, 0.2) is 0 Å². The van der Waals surface area contributed by atoms with Crippen LogP contribution in [-0.4, -0.2) is 41.5 Å². The Bertz CT molecular complexity index is 1530. The number of thiophene rings is 1. The minimum absolute atomic E-state index is 0.137. The predicted octanol–water partition coefficient (Wildman–Crippen LogP) is 5.93. The first-order chi connectivity index (χ1) is 18.8. The second kappa shape index (κ2) is 10.9. The molecule has 0 atom stereocenters. The number of benzene rings is 1. The molecule has 2 aliphatic carbocycles. The van der Waals surface area contributed by atoms with Gasteiger partial charge in [-0.25, -0.2) is 13.1 Å². The fourth-order valence-corrected chi connectivity index (χ4v) is 8.91. The van der Waals surface area contributed by atoms with Gasteiger partial charge in [0, 0.05) is 40.5 Å². The van der Waals surface area contributed by atoms with E-state index < -0.39 is 27.4 Å². The summed E-state index contributed by atoms with van der Waals surface area (Å²) >= 11 is 1.40. The van der Waals surface area contributed by atoms with Gasteiger partial charge >= 0.3 is 5.97 Å². The van der Waals surface area contributed by atoms with E-state index in [0.29, 0.717) is 29.0 Å². The van der Waals surface area contributed by atoms with Crippen LogP contribution in [0.5, 0.6) is 0 Å². The van der Waals surface area contributed by atoms with Crippen molar-refractivity contribution in [3.63, 3.8) is 0 Å². The lowest BCUT2D eigenvalue weighted by atomic mass is 9.80. The third-order valence-electron chi connectivity index (χ3n) is 8.19. The zero-order valence-corrected chi connectivity index (χ0v) is 25.3. The highest BCUT2D eigenvalue weighted by Crippen LogP contribution is 2.39. The summed E-state index contributed by atoms with van der Waals surface area (Å²) in [4.78, 5) is 24.9. The molecule has 0 aliphatic heterocycles. The number of carboxylic acids is 1. The topological polar surface area (TPSA) is 118 Å². The van der Waals surface area contributed by atoms with Gasteiger partial charge < -0.3 is 15.0 Å². The number of aliphatic carboxylic acids is 1. The summed E-state index contributed by atoms with van der Waals surface area (Å²) in [5.74, 6) is -0.881. The van der Waals surface area contributed by atoms with Crippen molar-refractivity contribution in [2.75, 3.05) is 0 Å². The Morgan fingerprint density at radius 3 is 2.45 bits per heavy atom. The van der Waals surface area contributed by atoms with Crippen molar-refractivity contribution >= 4 is 43.3 Å². The van der Waals surface area contributed by atoms with E-state index in [4.69, 9.17) is 0 Å². The van der Waals surface area contributed by atoms with Gasteiger partial charge in [-0.15, -0.1) is 11.3 Å². The lowest BCUT2D eigenvalue weighted by Crippen LogP contribution is -2.46. The van der Waals surface area contributed by atoms with Crippen molar-refractivity contribution in [1.29, 1.82) is 0 Å². The smallest absolute Gasteiger partial charge is 0.306 e. The van der Waals surface area contributed by atoms with Gasteiger partial charge in [0.05, 0.1) is 21.1 Å². The van der Waals surface area contributed by atoms with Crippen LogP contribution < -0.4 is 10.0 Å². The quantitative estimate of drug-likeness (QED) is 0.303. The molecule has 3 aromatic rings. The maximum atomic E-state index is 13.4. The molecule has 0 bridgehead atoms. The van der Waals surface area contributed by atoms with Gasteiger partial charge in [0.1, 0.15) is 0 Å². The van der Waals surface area contributed by atoms with E-state index >= 15 is 0 Å².